The highest BCUT2D eigenvalue weighted by Crippen LogP contribution is 2.33. The molecule has 4 aromatic rings. The fourth-order valence-corrected chi connectivity index (χ4v) is 5.19. The van der Waals surface area contributed by atoms with Gasteiger partial charge in [0, 0.05) is 42.6 Å². The van der Waals surface area contributed by atoms with Crippen LogP contribution >= 0.6 is 0 Å². The molecule has 3 amide bonds. The molecule has 2 heterocycles. The highest BCUT2D eigenvalue weighted by Gasteiger charge is 2.36. The number of benzene rings is 3. The summed E-state index contributed by atoms with van der Waals surface area (Å²) in [6.45, 7) is 3.36. The maximum absolute atomic E-state index is 13.2. The molecule has 2 atom stereocenters. The molecule has 2 N–H and O–H groups in total. The van der Waals surface area contributed by atoms with E-state index in [0.29, 0.717) is 56.3 Å². The van der Waals surface area contributed by atoms with Crippen molar-refractivity contribution in [2.24, 2.45) is 7.05 Å². The Morgan fingerprint density at radius 3 is 2.48 bits per heavy atom. The molecule has 1 fully saturated rings. The maximum atomic E-state index is 13.2. The quantitative estimate of drug-likeness (QED) is 0.205. The fraction of sp³-hybridized carbons (Fsp3) is 0.303. The first-order valence-electron chi connectivity index (χ1n) is 14.6. The van der Waals surface area contributed by atoms with Gasteiger partial charge in [0.25, 0.3) is 0 Å². The minimum absolute atomic E-state index is 0.105. The van der Waals surface area contributed by atoms with Gasteiger partial charge in [-0.25, -0.2) is 14.0 Å². The summed E-state index contributed by atoms with van der Waals surface area (Å²) in [4.78, 5) is 27.1. The van der Waals surface area contributed by atoms with Crippen LogP contribution in [0.5, 0.6) is 5.75 Å². The van der Waals surface area contributed by atoms with Crippen molar-refractivity contribution >= 4 is 23.5 Å². The van der Waals surface area contributed by atoms with Crippen LogP contribution in [0.2, 0.25) is 0 Å². The van der Waals surface area contributed by atoms with Gasteiger partial charge >= 0.3 is 12.1 Å². The number of aromatic nitrogens is 2. The van der Waals surface area contributed by atoms with Gasteiger partial charge < -0.3 is 29.7 Å². The van der Waals surface area contributed by atoms with E-state index in [1.165, 1.54) is 24.3 Å². The molecule has 0 aliphatic carbocycles. The number of aryl methyl sites for hydroxylation is 1. The van der Waals surface area contributed by atoms with E-state index in [1.807, 2.05) is 49.5 Å². The maximum Gasteiger partial charge on any atom is 0.410 e. The summed E-state index contributed by atoms with van der Waals surface area (Å²) in [7, 11) is 1.83. The predicted molar refractivity (Wildman–Crippen MR) is 165 cm³/mol. The van der Waals surface area contributed by atoms with Crippen molar-refractivity contribution in [3.63, 3.8) is 0 Å². The van der Waals surface area contributed by atoms with E-state index in [2.05, 4.69) is 15.7 Å². The number of urea groups is 1. The molecule has 1 aromatic heterocycles. The summed E-state index contributed by atoms with van der Waals surface area (Å²) in [5.41, 5.74) is 3.62. The number of ether oxygens (including phenoxy) is 3. The summed E-state index contributed by atoms with van der Waals surface area (Å²) in [6.07, 6.45) is 2.48. The van der Waals surface area contributed by atoms with Crippen molar-refractivity contribution < 1.29 is 28.2 Å². The molecule has 230 valence electrons. The Hall–Kier alpha value is -4.90. The van der Waals surface area contributed by atoms with Gasteiger partial charge in [-0.15, -0.1) is 0 Å². The van der Waals surface area contributed by atoms with Crippen LogP contribution in [0.15, 0.2) is 85.1 Å². The number of carbonyl (C=O) groups is 2. The Morgan fingerprint density at radius 1 is 1.00 bits per heavy atom. The topological polar surface area (TPSA) is 107 Å². The monoisotopic (exact) mass is 601 g/mol. The number of nitrogens with zero attached hydrogens (tertiary/aromatic N) is 3. The van der Waals surface area contributed by atoms with Gasteiger partial charge in [0.2, 0.25) is 0 Å². The largest absolute Gasteiger partial charge is 0.493 e. The van der Waals surface area contributed by atoms with Crippen LogP contribution in [0.25, 0.3) is 11.3 Å². The second-order valence-electron chi connectivity index (χ2n) is 10.4. The molecule has 10 nitrogen and oxygen atoms in total. The highest BCUT2D eigenvalue weighted by atomic mass is 19.1. The lowest BCUT2D eigenvalue weighted by Crippen LogP contribution is -2.37. The first kappa shape index (κ1) is 30.6. The van der Waals surface area contributed by atoms with Gasteiger partial charge in [-0.1, -0.05) is 30.3 Å². The van der Waals surface area contributed by atoms with E-state index in [-0.39, 0.29) is 24.1 Å². The van der Waals surface area contributed by atoms with Crippen molar-refractivity contribution in [3.05, 3.63) is 96.4 Å². The number of nitrogens with one attached hydrogen (secondary N) is 2. The molecular weight excluding hydrogens is 565 g/mol. The minimum atomic E-state index is -0.467. The predicted octanol–water partition coefficient (Wildman–Crippen LogP) is 6.46. The zero-order chi connectivity index (χ0) is 30.9. The van der Waals surface area contributed by atoms with Crippen molar-refractivity contribution in [3.8, 4) is 17.0 Å². The lowest BCUT2D eigenvalue weighted by Gasteiger charge is -2.23. The summed E-state index contributed by atoms with van der Waals surface area (Å²) < 4.78 is 32.7. The summed E-state index contributed by atoms with van der Waals surface area (Å²) in [5.74, 6) is 0.223. The van der Waals surface area contributed by atoms with Gasteiger partial charge in [-0.3, -0.25) is 4.68 Å². The average molecular weight is 602 g/mol. The Bertz CT molecular complexity index is 1550. The van der Waals surface area contributed by atoms with Crippen molar-refractivity contribution in [1.82, 2.24) is 14.7 Å². The second-order valence-corrected chi connectivity index (χ2v) is 10.4. The number of hydrogen-bond donors (Lipinski definition) is 2. The van der Waals surface area contributed by atoms with E-state index >= 15 is 0 Å². The number of likely N-dealkylation sites (tertiary alicyclic amines) is 1. The summed E-state index contributed by atoms with van der Waals surface area (Å²) in [6, 6.07) is 22.1. The third-order valence-electron chi connectivity index (χ3n) is 7.35. The SMILES string of the molecule is CCOC(=O)N1CC(OCc2ccccc2)C[C@H]1CCOc1ccc(NC(=O)Nc2ccc(F)cc2)cc1-c1ccnn1C. The summed E-state index contributed by atoms with van der Waals surface area (Å²) in [5, 5.41) is 9.79. The van der Waals surface area contributed by atoms with Crippen LogP contribution in [0.4, 0.5) is 25.4 Å². The van der Waals surface area contributed by atoms with Crippen LogP contribution in [-0.4, -0.2) is 58.7 Å². The first-order valence-corrected chi connectivity index (χ1v) is 14.6. The molecule has 0 radical (unpaired) electrons. The molecule has 1 aliphatic heterocycles. The normalized spacial score (nSPS) is 16.0. The van der Waals surface area contributed by atoms with Crippen molar-refractivity contribution in [2.45, 2.75) is 38.5 Å². The molecule has 0 bridgehead atoms. The molecule has 44 heavy (non-hydrogen) atoms. The van der Waals surface area contributed by atoms with Gasteiger partial charge in [-0.2, -0.15) is 5.10 Å². The van der Waals surface area contributed by atoms with E-state index in [4.69, 9.17) is 14.2 Å². The van der Waals surface area contributed by atoms with Gasteiger partial charge in [0.15, 0.2) is 0 Å². The van der Waals surface area contributed by atoms with E-state index < -0.39 is 6.03 Å². The second kappa shape index (κ2) is 14.5. The van der Waals surface area contributed by atoms with Crippen LogP contribution in [-0.2, 0) is 23.1 Å². The van der Waals surface area contributed by atoms with Gasteiger partial charge in [-0.05, 0) is 67.4 Å². The first-order chi connectivity index (χ1) is 21.4. The molecular formula is C33H36FN5O5. The van der Waals surface area contributed by atoms with Crippen molar-refractivity contribution in [1.29, 1.82) is 0 Å². The van der Waals surface area contributed by atoms with E-state index in [9.17, 15) is 14.0 Å². The molecule has 1 aliphatic rings. The third kappa shape index (κ3) is 7.93. The van der Waals surface area contributed by atoms with Crippen LogP contribution in [0, 0.1) is 5.82 Å². The Morgan fingerprint density at radius 2 is 1.75 bits per heavy atom. The smallest absolute Gasteiger partial charge is 0.410 e. The van der Waals surface area contributed by atoms with Crippen molar-refractivity contribution in [2.75, 3.05) is 30.4 Å². The van der Waals surface area contributed by atoms with E-state index in [0.717, 1.165) is 16.8 Å². The van der Waals surface area contributed by atoms with E-state index in [1.54, 1.807) is 34.8 Å². The standard InChI is InChI=1S/C33H36FN5O5/c1-3-42-33(41)39-21-28(44-22-23-7-5-4-6-8-23)20-27(39)16-18-43-31-14-13-26(19-29(31)30-15-17-35-38(30)2)37-32(40)36-25-11-9-24(34)10-12-25/h4-15,17,19,27-28H,3,16,18,20-22H2,1-2H3,(H2,36,37,40)/t27-,28?/m1/s1. The Labute approximate surface area is 255 Å². The Balaban J connectivity index is 1.24. The number of rotatable bonds is 11. The third-order valence-corrected chi connectivity index (χ3v) is 7.35. The number of hydrogen-bond acceptors (Lipinski definition) is 6. The lowest BCUT2D eigenvalue weighted by molar-refractivity contribution is 0.0442. The minimum Gasteiger partial charge on any atom is -0.493 e. The molecule has 5 rings (SSSR count). The highest BCUT2D eigenvalue weighted by molar-refractivity contribution is 6.00. The number of carbonyl (C=O) groups excluding carboxylic acids is 2. The molecule has 1 saturated heterocycles. The molecule has 3 aromatic carbocycles. The molecule has 0 saturated carbocycles. The summed E-state index contributed by atoms with van der Waals surface area (Å²) >= 11 is 0. The van der Waals surface area contributed by atoms with Gasteiger partial charge in [0.1, 0.15) is 11.6 Å². The average Bonchev–Trinajstić information content (AvgIpc) is 3.64. The van der Waals surface area contributed by atoms with Crippen LogP contribution in [0.1, 0.15) is 25.3 Å². The lowest BCUT2D eigenvalue weighted by atomic mass is 10.1. The number of halogens is 1. The number of anilines is 2. The van der Waals surface area contributed by atoms with Crippen LogP contribution < -0.4 is 15.4 Å². The number of amides is 3. The van der Waals surface area contributed by atoms with Crippen LogP contribution in [0.3, 0.4) is 0 Å². The zero-order valence-electron chi connectivity index (χ0n) is 24.7. The van der Waals surface area contributed by atoms with Gasteiger partial charge in [0.05, 0.1) is 38.2 Å². The Kier molecular flexibility index (Phi) is 10.1. The molecule has 1 unspecified atom stereocenters. The molecule has 11 heteroatoms. The fourth-order valence-electron chi connectivity index (χ4n) is 5.19. The molecule has 0 spiro atoms. The zero-order valence-corrected chi connectivity index (χ0v) is 24.7.